The lowest BCUT2D eigenvalue weighted by atomic mass is 9.72. The molecular formula is C17H34N2S. The summed E-state index contributed by atoms with van der Waals surface area (Å²) >= 11 is 2.14. The molecule has 2 aliphatic rings. The van der Waals surface area contributed by atoms with Gasteiger partial charge in [-0.2, -0.15) is 11.8 Å². The van der Waals surface area contributed by atoms with Crippen LogP contribution in [-0.2, 0) is 0 Å². The van der Waals surface area contributed by atoms with Crippen molar-refractivity contribution >= 4 is 11.8 Å². The van der Waals surface area contributed by atoms with Crippen molar-refractivity contribution in [3.63, 3.8) is 0 Å². The Bertz CT molecular complexity index is 264. The average Bonchev–Trinajstić information content (AvgIpc) is 2.68. The van der Waals surface area contributed by atoms with Crippen molar-refractivity contribution < 1.29 is 0 Å². The monoisotopic (exact) mass is 298 g/mol. The first-order chi connectivity index (χ1) is 9.70. The molecule has 1 aliphatic heterocycles. The standard InChI is InChI=1S/C17H34N2S/c1-4-6-18-17-12-14(2)11-15(3)16(17)13-19-7-5-9-20-10-8-19/h14-18H,4-13H2,1-3H3. The molecule has 2 nitrogen and oxygen atoms in total. The highest BCUT2D eigenvalue weighted by atomic mass is 32.2. The number of hydrogen-bond donors (Lipinski definition) is 1. The van der Waals surface area contributed by atoms with Gasteiger partial charge in [0.15, 0.2) is 0 Å². The summed E-state index contributed by atoms with van der Waals surface area (Å²) in [5, 5.41) is 3.86. The Morgan fingerprint density at radius 3 is 2.80 bits per heavy atom. The van der Waals surface area contributed by atoms with Gasteiger partial charge in [-0.25, -0.2) is 0 Å². The van der Waals surface area contributed by atoms with E-state index in [2.05, 4.69) is 42.7 Å². The van der Waals surface area contributed by atoms with E-state index >= 15 is 0 Å². The van der Waals surface area contributed by atoms with Gasteiger partial charge in [0, 0.05) is 24.9 Å². The molecule has 0 radical (unpaired) electrons. The number of rotatable bonds is 5. The molecular weight excluding hydrogens is 264 g/mol. The highest BCUT2D eigenvalue weighted by Crippen LogP contribution is 2.34. The molecule has 20 heavy (non-hydrogen) atoms. The van der Waals surface area contributed by atoms with Crippen molar-refractivity contribution in [3.8, 4) is 0 Å². The van der Waals surface area contributed by atoms with Crippen LogP contribution in [0.3, 0.4) is 0 Å². The van der Waals surface area contributed by atoms with Crippen LogP contribution in [-0.4, -0.2) is 48.6 Å². The van der Waals surface area contributed by atoms with Gasteiger partial charge in [0.25, 0.3) is 0 Å². The van der Waals surface area contributed by atoms with E-state index in [1.165, 1.54) is 63.4 Å². The van der Waals surface area contributed by atoms with Gasteiger partial charge in [0.1, 0.15) is 0 Å². The minimum absolute atomic E-state index is 0.754. The predicted octanol–water partition coefficient (Wildman–Crippen LogP) is 3.48. The van der Waals surface area contributed by atoms with E-state index in [0.29, 0.717) is 0 Å². The van der Waals surface area contributed by atoms with Gasteiger partial charge in [-0.3, -0.25) is 0 Å². The molecule has 0 aromatic heterocycles. The van der Waals surface area contributed by atoms with Crippen LogP contribution in [0.1, 0.15) is 46.5 Å². The third-order valence-electron chi connectivity index (χ3n) is 5.12. The highest BCUT2D eigenvalue weighted by molar-refractivity contribution is 7.99. The van der Waals surface area contributed by atoms with Crippen LogP contribution in [0.4, 0.5) is 0 Å². The van der Waals surface area contributed by atoms with Gasteiger partial charge >= 0.3 is 0 Å². The summed E-state index contributed by atoms with van der Waals surface area (Å²) in [5.74, 6) is 5.34. The van der Waals surface area contributed by atoms with Crippen LogP contribution in [0.5, 0.6) is 0 Å². The average molecular weight is 299 g/mol. The Hall–Kier alpha value is 0.270. The lowest BCUT2D eigenvalue weighted by Crippen LogP contribution is -2.49. The first-order valence-electron chi connectivity index (χ1n) is 8.74. The summed E-state index contributed by atoms with van der Waals surface area (Å²) < 4.78 is 0. The lowest BCUT2D eigenvalue weighted by molar-refractivity contribution is 0.104. The molecule has 1 saturated heterocycles. The second-order valence-electron chi connectivity index (χ2n) is 7.04. The van der Waals surface area contributed by atoms with Gasteiger partial charge in [-0.1, -0.05) is 20.8 Å². The quantitative estimate of drug-likeness (QED) is 0.836. The molecule has 4 atom stereocenters. The molecule has 0 spiro atoms. The first kappa shape index (κ1) is 16.6. The van der Waals surface area contributed by atoms with Gasteiger partial charge < -0.3 is 10.2 Å². The fraction of sp³-hybridized carbons (Fsp3) is 1.00. The zero-order valence-corrected chi connectivity index (χ0v) is 14.6. The maximum Gasteiger partial charge on any atom is 0.0113 e. The van der Waals surface area contributed by atoms with E-state index in [1.807, 2.05) is 0 Å². The van der Waals surface area contributed by atoms with E-state index in [-0.39, 0.29) is 0 Å². The van der Waals surface area contributed by atoms with Crippen molar-refractivity contribution in [1.29, 1.82) is 0 Å². The molecule has 1 N–H and O–H groups in total. The van der Waals surface area contributed by atoms with Crippen LogP contribution in [0.25, 0.3) is 0 Å². The summed E-state index contributed by atoms with van der Waals surface area (Å²) in [6.45, 7) is 12.4. The third kappa shape index (κ3) is 4.92. The zero-order chi connectivity index (χ0) is 14.4. The topological polar surface area (TPSA) is 15.3 Å². The number of nitrogens with zero attached hydrogens (tertiary/aromatic N) is 1. The number of thioether (sulfide) groups is 1. The van der Waals surface area contributed by atoms with E-state index in [4.69, 9.17) is 0 Å². The van der Waals surface area contributed by atoms with Gasteiger partial charge in [0.05, 0.1) is 0 Å². The summed E-state index contributed by atoms with van der Waals surface area (Å²) in [6.07, 6.45) is 5.46. The van der Waals surface area contributed by atoms with Crippen molar-refractivity contribution in [2.24, 2.45) is 17.8 Å². The van der Waals surface area contributed by atoms with Crippen LogP contribution >= 0.6 is 11.8 Å². The molecule has 4 unspecified atom stereocenters. The SMILES string of the molecule is CCCNC1CC(C)CC(C)C1CN1CCCSCC1. The third-order valence-corrected chi connectivity index (χ3v) is 6.17. The van der Waals surface area contributed by atoms with Crippen LogP contribution in [0, 0.1) is 17.8 Å². The van der Waals surface area contributed by atoms with Crippen molar-refractivity contribution in [3.05, 3.63) is 0 Å². The smallest absolute Gasteiger partial charge is 0.0113 e. The maximum atomic E-state index is 3.86. The summed E-state index contributed by atoms with van der Waals surface area (Å²) in [7, 11) is 0. The van der Waals surface area contributed by atoms with Gasteiger partial charge in [-0.15, -0.1) is 0 Å². The van der Waals surface area contributed by atoms with Crippen molar-refractivity contribution in [2.75, 3.05) is 37.7 Å². The lowest BCUT2D eigenvalue weighted by Gasteiger charge is -2.42. The fourth-order valence-electron chi connectivity index (χ4n) is 4.06. The predicted molar refractivity (Wildman–Crippen MR) is 91.5 cm³/mol. The van der Waals surface area contributed by atoms with Gasteiger partial charge in [-0.05, 0) is 62.3 Å². The molecule has 2 rings (SSSR count). The van der Waals surface area contributed by atoms with E-state index in [1.54, 1.807) is 0 Å². The van der Waals surface area contributed by atoms with Crippen molar-refractivity contribution in [1.82, 2.24) is 10.2 Å². The summed E-state index contributed by atoms with van der Waals surface area (Å²) in [5.41, 5.74) is 0. The van der Waals surface area contributed by atoms with Crippen LogP contribution < -0.4 is 5.32 Å². The summed E-state index contributed by atoms with van der Waals surface area (Å²) in [6, 6.07) is 0.754. The van der Waals surface area contributed by atoms with E-state index in [9.17, 15) is 0 Å². The second kappa shape index (κ2) is 8.65. The molecule has 0 aromatic carbocycles. The Balaban J connectivity index is 1.92. The molecule has 118 valence electrons. The Morgan fingerprint density at radius 2 is 2.00 bits per heavy atom. The molecule has 0 amide bonds. The number of nitrogens with one attached hydrogen (secondary N) is 1. The highest BCUT2D eigenvalue weighted by Gasteiger charge is 2.34. The molecule has 1 aliphatic carbocycles. The van der Waals surface area contributed by atoms with Crippen molar-refractivity contribution in [2.45, 2.75) is 52.5 Å². The molecule has 2 fully saturated rings. The largest absolute Gasteiger partial charge is 0.314 e. The first-order valence-corrected chi connectivity index (χ1v) is 9.89. The normalized spacial score (nSPS) is 36.8. The maximum absolute atomic E-state index is 3.86. The Morgan fingerprint density at radius 1 is 1.15 bits per heavy atom. The minimum Gasteiger partial charge on any atom is -0.314 e. The number of hydrogen-bond acceptors (Lipinski definition) is 3. The zero-order valence-electron chi connectivity index (χ0n) is 13.7. The van der Waals surface area contributed by atoms with Crippen LogP contribution in [0.2, 0.25) is 0 Å². The molecule has 3 heteroatoms. The Labute approximate surface area is 130 Å². The molecule has 1 saturated carbocycles. The van der Waals surface area contributed by atoms with E-state index < -0.39 is 0 Å². The summed E-state index contributed by atoms with van der Waals surface area (Å²) in [4.78, 5) is 2.75. The molecule has 0 bridgehead atoms. The molecule has 1 heterocycles. The minimum atomic E-state index is 0.754. The van der Waals surface area contributed by atoms with Gasteiger partial charge in [0.2, 0.25) is 0 Å². The van der Waals surface area contributed by atoms with Crippen LogP contribution in [0.15, 0.2) is 0 Å². The van der Waals surface area contributed by atoms with E-state index in [0.717, 1.165) is 23.8 Å². The Kier molecular flexibility index (Phi) is 7.20. The molecule has 0 aromatic rings. The second-order valence-corrected chi connectivity index (χ2v) is 8.27. The fourth-order valence-corrected chi connectivity index (χ4v) is 4.99.